The predicted molar refractivity (Wildman–Crippen MR) is 123 cm³/mol. The zero-order chi connectivity index (χ0) is 20.5. The molecule has 8 heteroatoms. The first kappa shape index (κ1) is 18.7. The van der Waals surface area contributed by atoms with Crippen molar-refractivity contribution in [1.29, 1.82) is 0 Å². The van der Waals surface area contributed by atoms with Gasteiger partial charge in [0.15, 0.2) is 5.82 Å². The standard InChI is InChI=1S/C22H21N7S/c1-29(2)11-10-23-22-17-13-19(14-6-4-3-5-7-14)30-20(17)16-9-8-15(12-18(16)24-22)21-25-27-28-26-21/h3-9,12-13H,10-11H2,1-2H3,(H,23,24)(H,25,26,27,28). The van der Waals surface area contributed by atoms with Gasteiger partial charge in [0, 0.05) is 39.0 Å². The molecule has 0 spiro atoms. The van der Waals surface area contributed by atoms with Crippen LogP contribution in [0.4, 0.5) is 5.82 Å². The average molecular weight is 416 g/mol. The lowest BCUT2D eigenvalue weighted by molar-refractivity contribution is 0.425. The van der Waals surface area contributed by atoms with E-state index in [4.69, 9.17) is 4.98 Å². The molecule has 0 saturated carbocycles. The van der Waals surface area contributed by atoms with Crippen molar-refractivity contribution in [2.45, 2.75) is 0 Å². The molecule has 0 atom stereocenters. The van der Waals surface area contributed by atoms with Crippen molar-refractivity contribution >= 4 is 38.1 Å². The van der Waals surface area contributed by atoms with E-state index in [-0.39, 0.29) is 0 Å². The Kier molecular flexibility index (Phi) is 4.86. The maximum Gasteiger partial charge on any atom is 0.179 e. The average Bonchev–Trinajstić information content (AvgIpc) is 3.44. The van der Waals surface area contributed by atoms with Crippen LogP contribution in [0.2, 0.25) is 0 Å². The van der Waals surface area contributed by atoms with Crippen LogP contribution in [0.25, 0.3) is 42.8 Å². The Morgan fingerprint density at radius 2 is 1.87 bits per heavy atom. The summed E-state index contributed by atoms with van der Waals surface area (Å²) >= 11 is 1.80. The summed E-state index contributed by atoms with van der Waals surface area (Å²) in [5.74, 6) is 1.54. The minimum atomic E-state index is 0.636. The smallest absolute Gasteiger partial charge is 0.179 e. The minimum absolute atomic E-state index is 0.636. The van der Waals surface area contributed by atoms with Gasteiger partial charge >= 0.3 is 0 Å². The number of nitrogens with zero attached hydrogens (tertiary/aromatic N) is 5. The molecule has 0 bridgehead atoms. The molecule has 2 N–H and O–H groups in total. The van der Waals surface area contributed by atoms with Crippen LogP contribution in [0.5, 0.6) is 0 Å². The molecule has 3 heterocycles. The van der Waals surface area contributed by atoms with Gasteiger partial charge in [-0.1, -0.05) is 42.5 Å². The van der Waals surface area contributed by atoms with Gasteiger partial charge in [0.2, 0.25) is 0 Å². The second-order valence-electron chi connectivity index (χ2n) is 7.39. The molecule has 5 rings (SSSR count). The minimum Gasteiger partial charge on any atom is -0.368 e. The largest absolute Gasteiger partial charge is 0.368 e. The van der Waals surface area contributed by atoms with Crippen LogP contribution in [0.1, 0.15) is 0 Å². The van der Waals surface area contributed by atoms with Gasteiger partial charge in [-0.2, -0.15) is 0 Å². The van der Waals surface area contributed by atoms with Crippen LogP contribution in [0.15, 0.2) is 54.6 Å². The molecular weight excluding hydrogens is 394 g/mol. The predicted octanol–water partition coefficient (Wildman–Crippen LogP) is 4.27. The lowest BCUT2D eigenvalue weighted by Crippen LogP contribution is -2.21. The SMILES string of the molecule is CN(C)CCNc1nc2cc(-c3nnn[nH]3)ccc2c2sc(-c3ccccc3)cc12. The number of benzene rings is 2. The van der Waals surface area contributed by atoms with Crippen molar-refractivity contribution in [3.63, 3.8) is 0 Å². The van der Waals surface area contributed by atoms with Crippen molar-refractivity contribution in [1.82, 2.24) is 30.5 Å². The van der Waals surface area contributed by atoms with Gasteiger partial charge in [0.25, 0.3) is 0 Å². The van der Waals surface area contributed by atoms with Crippen LogP contribution in [0, 0.1) is 0 Å². The number of tetrazole rings is 1. The molecule has 0 saturated heterocycles. The van der Waals surface area contributed by atoms with E-state index in [2.05, 4.69) is 81.3 Å². The van der Waals surface area contributed by atoms with Crippen LogP contribution in [0.3, 0.4) is 0 Å². The van der Waals surface area contributed by atoms with Gasteiger partial charge in [0.1, 0.15) is 5.82 Å². The summed E-state index contributed by atoms with van der Waals surface area (Å²) in [6.45, 7) is 1.75. The van der Waals surface area contributed by atoms with Crippen LogP contribution in [-0.4, -0.2) is 57.7 Å². The zero-order valence-electron chi connectivity index (χ0n) is 16.8. The number of aromatic amines is 1. The first-order valence-electron chi connectivity index (χ1n) is 9.74. The molecule has 0 aliphatic carbocycles. The Morgan fingerprint density at radius 3 is 2.63 bits per heavy atom. The van der Waals surface area contributed by atoms with E-state index in [9.17, 15) is 0 Å². The second-order valence-corrected chi connectivity index (χ2v) is 8.44. The molecule has 0 unspecified atom stereocenters. The van der Waals surface area contributed by atoms with Gasteiger partial charge in [-0.25, -0.2) is 10.1 Å². The third-order valence-corrected chi connectivity index (χ3v) is 6.21. The second kappa shape index (κ2) is 7.81. The monoisotopic (exact) mass is 415 g/mol. The summed E-state index contributed by atoms with van der Waals surface area (Å²) in [5, 5.41) is 20.0. The molecule has 7 nitrogen and oxygen atoms in total. The number of pyridine rings is 1. The Morgan fingerprint density at radius 1 is 1.00 bits per heavy atom. The lowest BCUT2D eigenvalue weighted by Gasteiger charge is -2.12. The van der Waals surface area contributed by atoms with Crippen molar-refractivity contribution in [2.24, 2.45) is 0 Å². The third-order valence-electron chi connectivity index (χ3n) is 4.99. The summed E-state index contributed by atoms with van der Waals surface area (Å²) in [6.07, 6.45) is 0. The summed E-state index contributed by atoms with van der Waals surface area (Å²) in [5.41, 5.74) is 3.05. The molecule has 30 heavy (non-hydrogen) atoms. The van der Waals surface area contributed by atoms with Crippen molar-refractivity contribution in [2.75, 3.05) is 32.5 Å². The Balaban J connectivity index is 1.67. The van der Waals surface area contributed by atoms with Crippen LogP contribution >= 0.6 is 11.3 Å². The molecule has 0 aliphatic rings. The van der Waals surface area contributed by atoms with Crippen LogP contribution < -0.4 is 5.32 Å². The highest BCUT2D eigenvalue weighted by molar-refractivity contribution is 7.23. The molecule has 0 amide bonds. The topological polar surface area (TPSA) is 82.6 Å². The van der Waals surface area contributed by atoms with Gasteiger partial charge in [0.05, 0.1) is 5.52 Å². The van der Waals surface area contributed by atoms with E-state index in [1.807, 2.05) is 18.2 Å². The van der Waals surface area contributed by atoms with Crippen LogP contribution in [-0.2, 0) is 0 Å². The van der Waals surface area contributed by atoms with Gasteiger partial charge in [-0.3, -0.25) is 0 Å². The zero-order valence-corrected chi connectivity index (χ0v) is 17.6. The summed E-state index contributed by atoms with van der Waals surface area (Å²) in [7, 11) is 4.14. The number of aromatic nitrogens is 5. The van der Waals surface area contributed by atoms with E-state index in [1.165, 1.54) is 15.1 Å². The van der Waals surface area contributed by atoms with E-state index in [1.54, 1.807) is 11.3 Å². The van der Waals surface area contributed by atoms with E-state index in [0.29, 0.717) is 5.82 Å². The highest BCUT2D eigenvalue weighted by Gasteiger charge is 2.15. The number of rotatable bonds is 6. The maximum atomic E-state index is 4.97. The quantitative estimate of drug-likeness (QED) is 0.431. The first-order valence-corrected chi connectivity index (χ1v) is 10.6. The number of fused-ring (bicyclic) bond motifs is 3. The Labute approximate surface area is 177 Å². The number of nitrogens with one attached hydrogen (secondary N) is 2. The molecule has 150 valence electrons. The highest BCUT2D eigenvalue weighted by Crippen LogP contribution is 2.40. The fraction of sp³-hybridized carbons (Fsp3) is 0.182. The number of anilines is 1. The molecule has 0 fully saturated rings. The third kappa shape index (κ3) is 3.51. The number of hydrogen-bond donors (Lipinski definition) is 2. The number of H-pyrrole nitrogens is 1. The normalized spacial score (nSPS) is 11.6. The number of hydrogen-bond acceptors (Lipinski definition) is 7. The fourth-order valence-corrected chi connectivity index (χ4v) is 4.67. The summed E-state index contributed by atoms with van der Waals surface area (Å²) in [4.78, 5) is 8.36. The van der Waals surface area contributed by atoms with Crippen molar-refractivity contribution in [3.8, 4) is 21.8 Å². The lowest BCUT2D eigenvalue weighted by atomic mass is 10.1. The molecule has 5 aromatic rings. The fourth-order valence-electron chi connectivity index (χ4n) is 3.47. The molecule has 3 aromatic heterocycles. The number of likely N-dealkylation sites (N-methyl/N-ethyl adjacent to an activating group) is 1. The first-order chi connectivity index (χ1) is 14.7. The van der Waals surface area contributed by atoms with Gasteiger partial charge in [-0.15, -0.1) is 16.4 Å². The van der Waals surface area contributed by atoms with Crippen molar-refractivity contribution < 1.29 is 0 Å². The van der Waals surface area contributed by atoms with E-state index < -0.39 is 0 Å². The highest BCUT2D eigenvalue weighted by atomic mass is 32.1. The molecular formula is C22H21N7S. The summed E-state index contributed by atoms with van der Waals surface area (Å²) in [6, 6.07) is 18.9. The number of thiophene rings is 1. The molecule has 0 radical (unpaired) electrons. The van der Waals surface area contributed by atoms with Gasteiger partial charge < -0.3 is 10.2 Å². The summed E-state index contributed by atoms with van der Waals surface area (Å²) < 4.78 is 1.23. The van der Waals surface area contributed by atoms with Crippen molar-refractivity contribution in [3.05, 3.63) is 54.6 Å². The Bertz CT molecular complexity index is 1290. The Hall–Kier alpha value is -3.36. The van der Waals surface area contributed by atoms with E-state index >= 15 is 0 Å². The van der Waals surface area contributed by atoms with Gasteiger partial charge in [-0.05, 0) is 42.2 Å². The molecule has 0 aliphatic heterocycles. The maximum absolute atomic E-state index is 4.97. The molecule has 2 aromatic carbocycles. The van der Waals surface area contributed by atoms with E-state index in [0.717, 1.165) is 40.8 Å².